The van der Waals surface area contributed by atoms with Crippen molar-refractivity contribution in [2.75, 3.05) is 0 Å². The summed E-state index contributed by atoms with van der Waals surface area (Å²) in [4.78, 5) is 0. The summed E-state index contributed by atoms with van der Waals surface area (Å²) in [7, 11) is 0. The van der Waals surface area contributed by atoms with Gasteiger partial charge in [-0.3, -0.25) is 0 Å². The zero-order valence-electron chi connectivity index (χ0n) is 23.3. The maximum absolute atomic E-state index is 11.8. The van der Waals surface area contributed by atoms with Gasteiger partial charge in [0.1, 0.15) is 0 Å². The fraction of sp³-hybridized carbons (Fsp3) is 0.571. The van der Waals surface area contributed by atoms with Crippen LogP contribution >= 0.6 is 0 Å². The maximum atomic E-state index is 11.8. The summed E-state index contributed by atoms with van der Waals surface area (Å²) in [6.07, 6.45) is 0. The molecule has 0 saturated carbocycles. The third kappa shape index (κ3) is 10.6. The molecule has 0 heterocycles. The molecule has 7 heteroatoms. The first kappa shape index (κ1) is 38.8. The summed E-state index contributed by atoms with van der Waals surface area (Å²) < 4.78 is 0. The van der Waals surface area contributed by atoms with Crippen molar-refractivity contribution in [3.8, 4) is 23.0 Å². The molecule has 5 nitrogen and oxygen atoms in total. The van der Waals surface area contributed by atoms with Crippen LogP contribution in [0, 0.1) is 0 Å². The second-order valence-corrected chi connectivity index (χ2v) is 12.7. The molecule has 0 aliphatic carbocycles. The Hall–Kier alpha value is -0.764. The topological polar surface area (TPSA) is 124 Å². The van der Waals surface area contributed by atoms with Gasteiger partial charge in [-0.1, -0.05) is 118 Å². The Balaban J connectivity index is -0.000000539. The molecule has 0 atom stereocenters. The van der Waals surface area contributed by atoms with Gasteiger partial charge in [0.05, 0.1) is 0 Å². The molecule has 6 radical (unpaired) electrons. The quantitative estimate of drug-likeness (QED) is 0.392. The zero-order chi connectivity index (χ0) is 25.4. The van der Waals surface area contributed by atoms with Crippen molar-refractivity contribution in [3.63, 3.8) is 0 Å². The molecule has 0 saturated heterocycles. The van der Waals surface area contributed by atoms with Gasteiger partial charge in [0.15, 0.2) is 0 Å². The minimum atomic E-state index is -0.391. The monoisotopic (exact) mass is 700 g/mol. The third-order valence-electron chi connectivity index (χ3n) is 5.46. The van der Waals surface area contributed by atoms with Crippen LogP contribution < -0.4 is 20.4 Å². The summed E-state index contributed by atoms with van der Waals surface area (Å²) in [5.74, 6) is -1.50. The van der Waals surface area contributed by atoms with E-state index in [0.29, 0.717) is 11.1 Å². The van der Waals surface area contributed by atoms with Crippen molar-refractivity contribution in [1.29, 1.82) is 0 Å². The van der Waals surface area contributed by atoms with Crippen molar-refractivity contribution in [2.45, 2.75) is 105 Å². The van der Waals surface area contributed by atoms with Crippen molar-refractivity contribution < 1.29 is 25.9 Å². The van der Waals surface area contributed by atoms with E-state index in [0.717, 1.165) is 11.1 Å². The van der Waals surface area contributed by atoms with Crippen molar-refractivity contribution >= 4 is 48.9 Å². The molecule has 2 rings (SSSR count). The van der Waals surface area contributed by atoms with Gasteiger partial charge in [-0.15, -0.1) is 23.0 Å². The van der Waals surface area contributed by atoms with Gasteiger partial charge in [-0.25, -0.2) is 0 Å². The molecule has 0 aliphatic heterocycles. The molecule has 0 aromatic heterocycles. The molecule has 35 heavy (non-hydrogen) atoms. The normalized spacial score (nSPS) is 11.8. The molecule has 0 unspecified atom stereocenters. The summed E-state index contributed by atoms with van der Waals surface area (Å²) in [6.45, 7) is 24.0. The van der Waals surface area contributed by atoms with E-state index in [-0.39, 0.29) is 87.5 Å². The van der Waals surface area contributed by atoms with Gasteiger partial charge in [0.2, 0.25) is 0 Å². The molecular formula is C28H42O5Sb2-4. The molecule has 0 aliphatic rings. The molecule has 2 aromatic rings. The average Bonchev–Trinajstić information content (AvgIpc) is 2.56. The van der Waals surface area contributed by atoms with Crippen LogP contribution in [-0.2, 0) is 21.7 Å². The van der Waals surface area contributed by atoms with Gasteiger partial charge in [-0.2, -0.15) is 0 Å². The predicted molar refractivity (Wildman–Crippen MR) is 141 cm³/mol. The Kier molecular flexibility index (Phi) is 14.6. The predicted octanol–water partition coefficient (Wildman–Crippen LogP) is 3.27. The molecule has 0 amide bonds. The van der Waals surface area contributed by atoms with Crippen molar-refractivity contribution in [3.05, 3.63) is 46.5 Å². The van der Waals surface area contributed by atoms with E-state index in [4.69, 9.17) is 0 Å². The molecule has 0 fully saturated rings. The van der Waals surface area contributed by atoms with Crippen LogP contribution in [0.2, 0.25) is 0 Å². The Morgan fingerprint density at radius 1 is 0.429 bits per heavy atom. The number of rotatable bonds is 0. The van der Waals surface area contributed by atoms with Gasteiger partial charge in [0, 0.05) is 48.9 Å². The second-order valence-electron chi connectivity index (χ2n) is 12.7. The number of benzene rings is 2. The Bertz CT molecular complexity index is 878. The first-order valence-electron chi connectivity index (χ1n) is 11.1. The summed E-state index contributed by atoms with van der Waals surface area (Å²) in [5, 5.41) is 46.8. The van der Waals surface area contributed by atoms with E-state index in [1.807, 2.05) is 95.2 Å². The average molecular weight is 702 g/mol. The SMILES string of the molecule is CC(C)(C)c1cc([O-])c([O-])c(C(C)(C)C)c1.CC(C)(C)c1cc([O-])c([O-])c(C(C)(C)C)c1.O.[Sb].[Sb]. The fourth-order valence-corrected chi connectivity index (χ4v) is 3.18. The van der Waals surface area contributed by atoms with Crippen LogP contribution in [0.4, 0.5) is 0 Å². The minimum Gasteiger partial charge on any atom is -0.873 e. The molecular weight excluding hydrogens is 660 g/mol. The fourth-order valence-electron chi connectivity index (χ4n) is 3.18. The van der Waals surface area contributed by atoms with Gasteiger partial charge in [0.25, 0.3) is 0 Å². The van der Waals surface area contributed by atoms with Gasteiger partial charge in [-0.05, 0) is 32.8 Å². The molecule has 2 aromatic carbocycles. The van der Waals surface area contributed by atoms with E-state index in [1.54, 1.807) is 0 Å². The van der Waals surface area contributed by atoms with Crippen LogP contribution in [0.25, 0.3) is 0 Å². The summed E-state index contributed by atoms with van der Waals surface area (Å²) in [5.41, 5.74) is 2.33. The third-order valence-corrected chi connectivity index (χ3v) is 5.46. The maximum Gasteiger partial charge on any atom is 0 e. The van der Waals surface area contributed by atoms with E-state index in [9.17, 15) is 20.4 Å². The molecule has 0 bridgehead atoms. The number of hydrogen-bond donors (Lipinski definition) is 0. The van der Waals surface area contributed by atoms with E-state index in [2.05, 4.69) is 0 Å². The summed E-state index contributed by atoms with van der Waals surface area (Å²) in [6, 6.07) is 6.70. The molecule has 0 spiro atoms. The second kappa shape index (κ2) is 13.2. The molecule has 2 N–H and O–H groups in total. The van der Waals surface area contributed by atoms with Crippen molar-refractivity contribution in [2.24, 2.45) is 0 Å². The number of hydrogen-bond acceptors (Lipinski definition) is 4. The Labute approximate surface area is 247 Å². The Morgan fingerprint density at radius 2 is 0.657 bits per heavy atom. The van der Waals surface area contributed by atoms with Crippen LogP contribution in [-0.4, -0.2) is 54.3 Å². The summed E-state index contributed by atoms with van der Waals surface area (Å²) >= 11 is 0. The Morgan fingerprint density at radius 3 is 0.829 bits per heavy atom. The van der Waals surface area contributed by atoms with Crippen molar-refractivity contribution in [1.82, 2.24) is 0 Å². The standard InChI is InChI=1S/2C14H22O2.H2O.2Sb/c2*1-13(2,3)9-7-10(14(4,5)6)12(16)11(15)8-9;;;/h2*7-8,15-16H,1-6H3;1H2;;/p-4. The first-order valence-corrected chi connectivity index (χ1v) is 11.1. The van der Waals surface area contributed by atoms with Crippen LogP contribution in [0.1, 0.15) is 105 Å². The smallest absolute Gasteiger partial charge is 0 e. The minimum absolute atomic E-state index is 0. The van der Waals surface area contributed by atoms with Gasteiger partial charge < -0.3 is 25.9 Å². The van der Waals surface area contributed by atoms with E-state index in [1.165, 1.54) is 12.1 Å². The van der Waals surface area contributed by atoms with Crippen LogP contribution in [0.15, 0.2) is 24.3 Å². The molecule has 198 valence electrons. The zero-order valence-corrected chi connectivity index (χ0v) is 28.4. The van der Waals surface area contributed by atoms with Gasteiger partial charge >= 0.3 is 0 Å². The van der Waals surface area contributed by atoms with E-state index < -0.39 is 11.5 Å². The van der Waals surface area contributed by atoms with E-state index >= 15 is 0 Å². The van der Waals surface area contributed by atoms with Crippen LogP contribution in [0.5, 0.6) is 23.0 Å². The van der Waals surface area contributed by atoms with Crippen LogP contribution in [0.3, 0.4) is 0 Å². The first-order chi connectivity index (χ1) is 14.1. The largest absolute Gasteiger partial charge is 0.873 e.